The first-order chi connectivity index (χ1) is 13.4. The smallest absolute Gasteiger partial charge is 0.225 e. The number of hydrogen-bond donors (Lipinski definition) is 1. The number of hydrogen-bond acceptors (Lipinski definition) is 4. The summed E-state index contributed by atoms with van der Waals surface area (Å²) in [5.74, 6) is -0.149. The van der Waals surface area contributed by atoms with E-state index in [4.69, 9.17) is 0 Å². The summed E-state index contributed by atoms with van der Waals surface area (Å²) in [5, 5.41) is 3.09. The van der Waals surface area contributed by atoms with Crippen molar-refractivity contribution in [3.8, 4) is 0 Å². The zero-order valence-corrected chi connectivity index (χ0v) is 16.9. The molecule has 28 heavy (non-hydrogen) atoms. The van der Waals surface area contributed by atoms with Crippen molar-refractivity contribution < 1.29 is 9.18 Å². The number of amides is 1. The highest BCUT2D eigenvalue weighted by Crippen LogP contribution is 2.25. The van der Waals surface area contributed by atoms with Gasteiger partial charge in [0.05, 0.1) is 11.7 Å². The molecular weight excluding hydrogens is 355 g/mol. The van der Waals surface area contributed by atoms with Gasteiger partial charge in [-0.05, 0) is 23.8 Å². The van der Waals surface area contributed by atoms with Crippen LogP contribution < -0.4 is 10.2 Å². The average Bonchev–Trinajstić information content (AvgIpc) is 2.69. The van der Waals surface area contributed by atoms with Gasteiger partial charge < -0.3 is 10.2 Å². The molecule has 1 atom stereocenters. The molecular formula is C22H29FN4O. The van der Waals surface area contributed by atoms with Crippen LogP contribution in [-0.4, -0.2) is 48.5 Å². The maximum atomic E-state index is 14.1. The summed E-state index contributed by atoms with van der Waals surface area (Å²) in [6.45, 7) is 9.33. The van der Waals surface area contributed by atoms with Crippen molar-refractivity contribution in [1.29, 1.82) is 0 Å². The Kier molecular flexibility index (Phi) is 6.29. The standard InChI is InChI=1S/C22H29FN4O/c1-22(2,3)21(28)25-16-20(17-7-6-10-24-15-17)27-13-11-26(12-14-27)19-9-5-4-8-18(19)23/h4-10,15,20H,11-14,16H2,1-3H3,(H,25,28). The highest BCUT2D eigenvalue weighted by Gasteiger charge is 2.28. The molecule has 0 radical (unpaired) electrons. The molecule has 5 nitrogen and oxygen atoms in total. The number of para-hydroxylation sites is 1. The number of anilines is 1. The van der Waals surface area contributed by atoms with Gasteiger partial charge in [-0.3, -0.25) is 14.7 Å². The van der Waals surface area contributed by atoms with Crippen LogP contribution in [0.5, 0.6) is 0 Å². The van der Waals surface area contributed by atoms with Crippen LogP contribution in [0.15, 0.2) is 48.8 Å². The van der Waals surface area contributed by atoms with Crippen LogP contribution >= 0.6 is 0 Å². The summed E-state index contributed by atoms with van der Waals surface area (Å²) in [7, 11) is 0. The van der Waals surface area contributed by atoms with Gasteiger partial charge in [-0.2, -0.15) is 0 Å². The van der Waals surface area contributed by atoms with Gasteiger partial charge in [-0.25, -0.2) is 4.39 Å². The van der Waals surface area contributed by atoms with E-state index in [9.17, 15) is 9.18 Å². The Morgan fingerprint density at radius 3 is 2.46 bits per heavy atom. The van der Waals surface area contributed by atoms with E-state index in [2.05, 4.69) is 20.1 Å². The van der Waals surface area contributed by atoms with E-state index in [1.54, 1.807) is 12.3 Å². The Labute approximate surface area is 166 Å². The molecule has 150 valence electrons. The van der Waals surface area contributed by atoms with E-state index in [0.717, 1.165) is 31.7 Å². The summed E-state index contributed by atoms with van der Waals surface area (Å²) < 4.78 is 14.1. The molecule has 1 aromatic heterocycles. The van der Waals surface area contributed by atoms with Crippen LogP contribution in [0, 0.1) is 11.2 Å². The van der Waals surface area contributed by atoms with Crippen LogP contribution in [-0.2, 0) is 4.79 Å². The van der Waals surface area contributed by atoms with Gasteiger partial charge in [0, 0.05) is 50.5 Å². The molecule has 1 unspecified atom stereocenters. The van der Waals surface area contributed by atoms with E-state index in [1.165, 1.54) is 6.07 Å². The van der Waals surface area contributed by atoms with Gasteiger partial charge in [0.2, 0.25) is 5.91 Å². The van der Waals surface area contributed by atoms with E-state index >= 15 is 0 Å². The summed E-state index contributed by atoms with van der Waals surface area (Å²) in [6.07, 6.45) is 3.61. The number of nitrogens with zero attached hydrogens (tertiary/aromatic N) is 3. The third kappa shape index (κ3) is 4.87. The molecule has 1 amide bonds. The Morgan fingerprint density at radius 2 is 1.86 bits per heavy atom. The van der Waals surface area contributed by atoms with Crippen molar-refractivity contribution in [2.24, 2.45) is 5.41 Å². The number of rotatable bonds is 5. The van der Waals surface area contributed by atoms with Gasteiger partial charge in [0.1, 0.15) is 5.82 Å². The molecule has 0 saturated carbocycles. The lowest BCUT2D eigenvalue weighted by molar-refractivity contribution is -0.128. The normalized spacial score (nSPS) is 16.6. The van der Waals surface area contributed by atoms with Crippen molar-refractivity contribution in [3.05, 3.63) is 60.2 Å². The second-order valence-electron chi connectivity index (χ2n) is 8.24. The maximum Gasteiger partial charge on any atom is 0.225 e. The molecule has 1 aliphatic heterocycles. The molecule has 1 saturated heterocycles. The highest BCUT2D eigenvalue weighted by atomic mass is 19.1. The van der Waals surface area contributed by atoms with Crippen LogP contribution in [0.1, 0.15) is 32.4 Å². The van der Waals surface area contributed by atoms with Crippen LogP contribution in [0.4, 0.5) is 10.1 Å². The fourth-order valence-electron chi connectivity index (χ4n) is 3.47. The Morgan fingerprint density at radius 1 is 1.14 bits per heavy atom. The first-order valence-electron chi connectivity index (χ1n) is 9.78. The summed E-state index contributed by atoms with van der Waals surface area (Å²) in [4.78, 5) is 21.0. The topological polar surface area (TPSA) is 48.5 Å². The SMILES string of the molecule is CC(C)(C)C(=O)NCC(c1cccnc1)N1CCN(c2ccccc2F)CC1. The highest BCUT2D eigenvalue weighted by molar-refractivity contribution is 5.81. The van der Waals surface area contributed by atoms with E-state index < -0.39 is 5.41 Å². The summed E-state index contributed by atoms with van der Waals surface area (Å²) in [6, 6.07) is 10.9. The predicted octanol–water partition coefficient (Wildman–Crippen LogP) is 3.25. The number of carbonyl (C=O) groups excluding carboxylic acids is 1. The van der Waals surface area contributed by atoms with Crippen molar-refractivity contribution >= 4 is 11.6 Å². The van der Waals surface area contributed by atoms with E-state index in [0.29, 0.717) is 12.2 Å². The first-order valence-corrected chi connectivity index (χ1v) is 9.78. The largest absolute Gasteiger partial charge is 0.367 e. The summed E-state index contributed by atoms with van der Waals surface area (Å²) >= 11 is 0. The number of nitrogens with one attached hydrogen (secondary N) is 1. The number of carbonyl (C=O) groups is 1. The van der Waals surface area contributed by atoms with Gasteiger partial charge in [0.15, 0.2) is 0 Å². The number of aromatic nitrogens is 1. The zero-order chi connectivity index (χ0) is 20.1. The van der Waals surface area contributed by atoms with Gasteiger partial charge in [-0.15, -0.1) is 0 Å². The quantitative estimate of drug-likeness (QED) is 0.860. The second kappa shape index (κ2) is 8.69. The monoisotopic (exact) mass is 384 g/mol. The third-order valence-electron chi connectivity index (χ3n) is 5.15. The Hall–Kier alpha value is -2.47. The minimum absolute atomic E-state index is 0.0337. The number of halogens is 1. The van der Waals surface area contributed by atoms with Gasteiger partial charge in [0.25, 0.3) is 0 Å². The van der Waals surface area contributed by atoms with Crippen molar-refractivity contribution in [2.75, 3.05) is 37.6 Å². The van der Waals surface area contributed by atoms with E-state index in [-0.39, 0.29) is 17.8 Å². The van der Waals surface area contributed by atoms with Crippen LogP contribution in [0.3, 0.4) is 0 Å². The molecule has 3 rings (SSSR count). The lowest BCUT2D eigenvalue weighted by Crippen LogP contribution is -2.50. The third-order valence-corrected chi connectivity index (χ3v) is 5.15. The molecule has 0 aliphatic carbocycles. The van der Waals surface area contributed by atoms with Crippen LogP contribution in [0.25, 0.3) is 0 Å². The van der Waals surface area contributed by atoms with Crippen molar-refractivity contribution in [3.63, 3.8) is 0 Å². The number of pyridine rings is 1. The number of piperazine rings is 1. The molecule has 1 fully saturated rings. The molecule has 1 aromatic carbocycles. The molecule has 1 aliphatic rings. The molecule has 0 bridgehead atoms. The maximum absolute atomic E-state index is 14.1. The number of benzene rings is 1. The van der Waals surface area contributed by atoms with Gasteiger partial charge >= 0.3 is 0 Å². The van der Waals surface area contributed by atoms with Crippen molar-refractivity contribution in [1.82, 2.24) is 15.2 Å². The zero-order valence-electron chi connectivity index (χ0n) is 16.9. The minimum atomic E-state index is -0.428. The fraction of sp³-hybridized carbons (Fsp3) is 0.455. The fourth-order valence-corrected chi connectivity index (χ4v) is 3.47. The predicted molar refractivity (Wildman–Crippen MR) is 110 cm³/mol. The lowest BCUT2D eigenvalue weighted by Gasteiger charge is -2.40. The minimum Gasteiger partial charge on any atom is -0.367 e. The Balaban J connectivity index is 1.69. The average molecular weight is 384 g/mol. The molecule has 1 N–H and O–H groups in total. The van der Waals surface area contributed by atoms with E-state index in [1.807, 2.05) is 51.2 Å². The molecule has 0 spiro atoms. The second-order valence-corrected chi connectivity index (χ2v) is 8.24. The molecule has 2 heterocycles. The first kappa shape index (κ1) is 20.3. The molecule has 6 heteroatoms. The van der Waals surface area contributed by atoms with Crippen LogP contribution in [0.2, 0.25) is 0 Å². The summed E-state index contributed by atoms with van der Waals surface area (Å²) in [5.41, 5.74) is 1.31. The molecule has 2 aromatic rings. The lowest BCUT2D eigenvalue weighted by atomic mass is 9.95. The Bertz CT molecular complexity index is 783. The van der Waals surface area contributed by atoms with Gasteiger partial charge in [-0.1, -0.05) is 39.0 Å². The van der Waals surface area contributed by atoms with Crippen molar-refractivity contribution in [2.45, 2.75) is 26.8 Å².